The first kappa shape index (κ1) is 15.8. The molecule has 108 valence electrons. The molecule has 0 amide bonds. The van der Waals surface area contributed by atoms with Gasteiger partial charge in [0.05, 0.1) is 13.7 Å². The molecule has 1 rings (SSSR count). The van der Waals surface area contributed by atoms with Crippen LogP contribution in [0.1, 0.15) is 24.5 Å². The zero-order chi connectivity index (χ0) is 14.3. The molecule has 6 heteroatoms. The van der Waals surface area contributed by atoms with E-state index in [1.165, 1.54) is 7.11 Å². The van der Waals surface area contributed by atoms with Crippen molar-refractivity contribution in [3.63, 3.8) is 0 Å². The van der Waals surface area contributed by atoms with Crippen molar-refractivity contribution in [2.75, 3.05) is 20.3 Å². The van der Waals surface area contributed by atoms with Crippen molar-refractivity contribution in [2.24, 2.45) is 0 Å². The fourth-order valence-corrected chi connectivity index (χ4v) is 1.49. The van der Waals surface area contributed by atoms with E-state index in [1.807, 2.05) is 0 Å². The van der Waals surface area contributed by atoms with Crippen LogP contribution in [0.3, 0.4) is 0 Å². The number of halogens is 3. The summed E-state index contributed by atoms with van der Waals surface area (Å²) < 4.78 is 45.6. The van der Waals surface area contributed by atoms with Gasteiger partial charge in [0, 0.05) is 13.0 Å². The number of rotatable bonds is 7. The Kier molecular flexibility index (Phi) is 6.11. The fraction of sp³-hybridized carbons (Fsp3) is 0.538. The van der Waals surface area contributed by atoms with Crippen LogP contribution in [-0.2, 0) is 4.74 Å². The molecule has 0 bridgehead atoms. The highest BCUT2D eigenvalue weighted by Gasteiger charge is 2.25. The second-order valence-electron chi connectivity index (χ2n) is 4.08. The molecular formula is C13H17F3O3. The molecule has 1 aromatic carbocycles. The van der Waals surface area contributed by atoms with Crippen LogP contribution >= 0.6 is 0 Å². The summed E-state index contributed by atoms with van der Waals surface area (Å²) in [6, 6.07) is 6.76. The first-order chi connectivity index (χ1) is 8.92. The lowest BCUT2D eigenvalue weighted by atomic mass is 10.1. The monoisotopic (exact) mass is 278 g/mol. The third-order valence-electron chi connectivity index (χ3n) is 2.53. The Morgan fingerprint density at radius 2 is 1.84 bits per heavy atom. The summed E-state index contributed by atoms with van der Waals surface area (Å²) in [7, 11) is 1.54. The molecule has 1 N–H and O–H groups in total. The smallest absolute Gasteiger partial charge is 0.389 e. The van der Waals surface area contributed by atoms with Gasteiger partial charge in [0.15, 0.2) is 0 Å². The molecule has 0 saturated heterocycles. The summed E-state index contributed by atoms with van der Waals surface area (Å²) in [6.45, 7) is -0.0447. The van der Waals surface area contributed by atoms with Gasteiger partial charge in [-0.1, -0.05) is 12.1 Å². The lowest BCUT2D eigenvalue weighted by Gasteiger charge is -2.12. The molecule has 1 aromatic rings. The van der Waals surface area contributed by atoms with Crippen LogP contribution in [0.2, 0.25) is 0 Å². The van der Waals surface area contributed by atoms with E-state index >= 15 is 0 Å². The van der Waals surface area contributed by atoms with Gasteiger partial charge in [0.1, 0.15) is 11.9 Å². The Morgan fingerprint density at radius 1 is 1.21 bits per heavy atom. The van der Waals surface area contributed by atoms with E-state index < -0.39 is 18.7 Å². The van der Waals surface area contributed by atoms with Crippen molar-refractivity contribution < 1.29 is 27.8 Å². The van der Waals surface area contributed by atoms with Crippen LogP contribution in [-0.4, -0.2) is 31.6 Å². The Balaban J connectivity index is 2.25. The van der Waals surface area contributed by atoms with E-state index in [0.717, 1.165) is 0 Å². The molecular weight excluding hydrogens is 261 g/mol. The van der Waals surface area contributed by atoms with Crippen molar-refractivity contribution in [1.82, 2.24) is 0 Å². The Bertz CT molecular complexity index is 362. The molecule has 0 radical (unpaired) electrons. The molecule has 0 aliphatic heterocycles. The van der Waals surface area contributed by atoms with Gasteiger partial charge < -0.3 is 14.6 Å². The molecule has 0 aliphatic rings. The first-order valence-corrected chi connectivity index (χ1v) is 5.89. The standard InChI is InChI=1S/C13H17F3O3/c1-18-11-5-3-10(4-6-11)12(17)9-19-8-2-7-13(14,15)16/h3-6,12,17H,2,7-9H2,1H3. The first-order valence-electron chi connectivity index (χ1n) is 5.89. The number of hydrogen-bond donors (Lipinski definition) is 1. The number of benzene rings is 1. The van der Waals surface area contributed by atoms with E-state index in [-0.39, 0.29) is 19.6 Å². The molecule has 0 fully saturated rings. The van der Waals surface area contributed by atoms with Gasteiger partial charge in [-0.05, 0) is 24.1 Å². The number of ether oxygens (including phenoxy) is 2. The summed E-state index contributed by atoms with van der Waals surface area (Å²) in [4.78, 5) is 0. The van der Waals surface area contributed by atoms with Crippen molar-refractivity contribution in [3.05, 3.63) is 29.8 Å². The number of hydrogen-bond acceptors (Lipinski definition) is 3. The molecule has 19 heavy (non-hydrogen) atoms. The van der Waals surface area contributed by atoms with Crippen LogP contribution in [0.25, 0.3) is 0 Å². The zero-order valence-electron chi connectivity index (χ0n) is 10.6. The highest BCUT2D eigenvalue weighted by molar-refractivity contribution is 5.28. The summed E-state index contributed by atoms with van der Waals surface area (Å²) in [5.41, 5.74) is 0.636. The van der Waals surface area contributed by atoms with E-state index in [4.69, 9.17) is 9.47 Å². The maximum Gasteiger partial charge on any atom is 0.389 e. The van der Waals surface area contributed by atoms with Crippen molar-refractivity contribution in [1.29, 1.82) is 0 Å². The van der Waals surface area contributed by atoms with Gasteiger partial charge in [0.2, 0.25) is 0 Å². The Hall–Kier alpha value is -1.27. The zero-order valence-corrected chi connectivity index (χ0v) is 10.6. The predicted octanol–water partition coefficient (Wildman–Crippen LogP) is 3.09. The quantitative estimate of drug-likeness (QED) is 0.779. The maximum absolute atomic E-state index is 11.9. The lowest BCUT2D eigenvalue weighted by molar-refractivity contribution is -0.138. The van der Waals surface area contributed by atoms with Gasteiger partial charge in [-0.15, -0.1) is 0 Å². The van der Waals surface area contributed by atoms with E-state index in [0.29, 0.717) is 11.3 Å². The number of aliphatic hydroxyl groups is 1. The summed E-state index contributed by atoms with van der Waals surface area (Å²) in [5, 5.41) is 9.76. The highest BCUT2D eigenvalue weighted by atomic mass is 19.4. The van der Waals surface area contributed by atoms with Gasteiger partial charge >= 0.3 is 6.18 Å². The fourth-order valence-electron chi connectivity index (χ4n) is 1.49. The molecule has 0 aliphatic carbocycles. The molecule has 0 aromatic heterocycles. The summed E-state index contributed by atoms with van der Waals surface area (Å²) in [6.07, 6.45) is -5.97. The molecule has 0 saturated carbocycles. The van der Waals surface area contributed by atoms with Crippen LogP contribution in [0.15, 0.2) is 24.3 Å². The second kappa shape index (κ2) is 7.35. The number of alkyl halides is 3. The molecule has 3 nitrogen and oxygen atoms in total. The third kappa shape index (κ3) is 6.45. The minimum absolute atomic E-state index is 0.0211. The predicted molar refractivity (Wildman–Crippen MR) is 64.1 cm³/mol. The Labute approximate surface area is 110 Å². The molecule has 1 atom stereocenters. The molecule has 0 spiro atoms. The van der Waals surface area contributed by atoms with Gasteiger partial charge in [0.25, 0.3) is 0 Å². The van der Waals surface area contributed by atoms with Gasteiger partial charge in [-0.25, -0.2) is 0 Å². The number of methoxy groups -OCH3 is 1. The highest BCUT2D eigenvalue weighted by Crippen LogP contribution is 2.21. The van der Waals surface area contributed by atoms with Crippen molar-refractivity contribution >= 4 is 0 Å². The normalized spacial score (nSPS) is 13.3. The van der Waals surface area contributed by atoms with E-state index in [9.17, 15) is 18.3 Å². The largest absolute Gasteiger partial charge is 0.497 e. The summed E-state index contributed by atoms with van der Waals surface area (Å²) in [5.74, 6) is 0.669. The van der Waals surface area contributed by atoms with Crippen LogP contribution in [0.4, 0.5) is 13.2 Å². The lowest BCUT2D eigenvalue weighted by Crippen LogP contribution is -2.11. The molecule has 1 unspecified atom stereocenters. The van der Waals surface area contributed by atoms with Crippen molar-refractivity contribution in [2.45, 2.75) is 25.1 Å². The van der Waals surface area contributed by atoms with Crippen LogP contribution in [0.5, 0.6) is 5.75 Å². The minimum atomic E-state index is -4.15. The average Bonchev–Trinajstić information content (AvgIpc) is 2.37. The number of aliphatic hydroxyl groups excluding tert-OH is 1. The van der Waals surface area contributed by atoms with E-state index in [1.54, 1.807) is 24.3 Å². The van der Waals surface area contributed by atoms with Crippen molar-refractivity contribution in [3.8, 4) is 5.75 Å². The SMILES string of the molecule is COc1ccc(C(O)COCCCC(F)(F)F)cc1. The Morgan fingerprint density at radius 3 is 2.37 bits per heavy atom. The van der Waals surface area contributed by atoms with E-state index in [2.05, 4.69) is 0 Å². The maximum atomic E-state index is 11.9. The summed E-state index contributed by atoms with van der Waals surface area (Å²) >= 11 is 0. The minimum Gasteiger partial charge on any atom is -0.497 e. The van der Waals surface area contributed by atoms with Gasteiger partial charge in [-0.3, -0.25) is 0 Å². The van der Waals surface area contributed by atoms with Gasteiger partial charge in [-0.2, -0.15) is 13.2 Å². The van der Waals surface area contributed by atoms with Crippen LogP contribution < -0.4 is 4.74 Å². The second-order valence-corrected chi connectivity index (χ2v) is 4.08. The topological polar surface area (TPSA) is 38.7 Å². The third-order valence-corrected chi connectivity index (χ3v) is 2.53. The molecule has 0 heterocycles. The van der Waals surface area contributed by atoms with Crippen LogP contribution in [0, 0.1) is 0 Å². The average molecular weight is 278 g/mol.